The van der Waals surface area contributed by atoms with Crippen LogP contribution in [0, 0.1) is 17.8 Å². The highest BCUT2D eigenvalue weighted by atomic mass is 16.2. The predicted molar refractivity (Wildman–Crippen MR) is 145 cm³/mol. The second kappa shape index (κ2) is 9.39. The summed E-state index contributed by atoms with van der Waals surface area (Å²) in [5, 5.41) is 0. The van der Waals surface area contributed by atoms with Gasteiger partial charge in [0, 0.05) is 24.3 Å². The molecule has 3 fully saturated rings. The standard InChI is InChI=1S/C30H37N5O2/c1-34(2)17-20-9-7-19(8-10-20)11-14-25-22-13-12-21(15-26(22)33-32-25)24-16-30(24)23-5-3-4-6-27(23)35(29(30)37)18-28(31)36/h3-11,14,21-22,24-26,32-33H,12-13,15-18H2,1-2H3,(H2,31,36)/b14-11+/t21?,22?,24-,25?,26?,30-/m0/s1. The Labute approximate surface area is 219 Å². The Hall–Kier alpha value is -3.00. The van der Waals surface area contributed by atoms with Gasteiger partial charge in [0.05, 0.1) is 5.41 Å². The van der Waals surface area contributed by atoms with E-state index in [0.717, 1.165) is 43.5 Å². The van der Waals surface area contributed by atoms with Gasteiger partial charge in [0.15, 0.2) is 0 Å². The number of carbonyl (C=O) groups is 2. The lowest BCUT2D eigenvalue weighted by Crippen LogP contribution is -2.41. The lowest BCUT2D eigenvalue weighted by molar-refractivity contribution is -0.123. The molecule has 2 saturated carbocycles. The Morgan fingerprint density at radius 2 is 1.92 bits per heavy atom. The van der Waals surface area contributed by atoms with E-state index in [4.69, 9.17) is 5.73 Å². The van der Waals surface area contributed by atoms with Gasteiger partial charge in [-0.3, -0.25) is 20.4 Å². The molecule has 0 radical (unpaired) electrons. The minimum Gasteiger partial charge on any atom is -0.368 e. The first-order valence-electron chi connectivity index (χ1n) is 13.5. The molecule has 4 aliphatic rings. The molecule has 2 amide bonds. The molecule has 1 saturated heterocycles. The van der Waals surface area contributed by atoms with E-state index in [1.807, 2.05) is 18.2 Å². The summed E-state index contributed by atoms with van der Waals surface area (Å²) in [4.78, 5) is 29.1. The van der Waals surface area contributed by atoms with Crippen LogP contribution in [0.3, 0.4) is 0 Å². The van der Waals surface area contributed by atoms with E-state index in [1.54, 1.807) is 4.90 Å². The number of benzene rings is 2. The minimum atomic E-state index is -0.470. The Bertz CT molecular complexity index is 1220. The fraction of sp³-hybridized carbons (Fsp3) is 0.467. The van der Waals surface area contributed by atoms with Crippen LogP contribution in [0.2, 0.25) is 0 Å². The van der Waals surface area contributed by atoms with Gasteiger partial charge in [-0.15, -0.1) is 0 Å². The van der Waals surface area contributed by atoms with Gasteiger partial charge in [-0.1, -0.05) is 54.6 Å². The van der Waals surface area contributed by atoms with E-state index in [1.165, 1.54) is 11.1 Å². The molecule has 0 aromatic heterocycles. The molecule has 2 aromatic carbocycles. The summed E-state index contributed by atoms with van der Waals surface area (Å²) in [5.74, 6) is 0.968. The van der Waals surface area contributed by atoms with Gasteiger partial charge in [-0.25, -0.2) is 0 Å². The lowest BCUT2D eigenvalue weighted by atomic mass is 9.73. The van der Waals surface area contributed by atoms with Crippen LogP contribution in [-0.4, -0.2) is 49.4 Å². The monoisotopic (exact) mass is 499 g/mol. The fourth-order valence-electron chi connectivity index (χ4n) is 7.28. The number of hydrogen-bond donors (Lipinski definition) is 3. The third kappa shape index (κ3) is 4.29. The Kier molecular flexibility index (Phi) is 6.18. The van der Waals surface area contributed by atoms with Gasteiger partial charge in [0.2, 0.25) is 11.8 Å². The first-order valence-corrected chi connectivity index (χ1v) is 13.5. The molecule has 2 heterocycles. The molecule has 2 aliphatic carbocycles. The van der Waals surface area contributed by atoms with Crippen LogP contribution in [0.5, 0.6) is 0 Å². The van der Waals surface area contributed by atoms with Crippen LogP contribution >= 0.6 is 0 Å². The van der Waals surface area contributed by atoms with Gasteiger partial charge in [-0.05, 0) is 80.3 Å². The highest BCUT2D eigenvalue weighted by Gasteiger charge is 2.68. The Morgan fingerprint density at radius 3 is 2.68 bits per heavy atom. The average molecular weight is 500 g/mol. The third-order valence-corrected chi connectivity index (χ3v) is 9.02. The van der Waals surface area contributed by atoms with Gasteiger partial charge >= 0.3 is 0 Å². The van der Waals surface area contributed by atoms with Crippen molar-refractivity contribution in [1.82, 2.24) is 15.8 Å². The summed E-state index contributed by atoms with van der Waals surface area (Å²) < 4.78 is 0. The van der Waals surface area contributed by atoms with E-state index in [-0.39, 0.29) is 12.5 Å². The molecule has 7 nitrogen and oxygen atoms in total. The van der Waals surface area contributed by atoms with Gasteiger partial charge in [0.25, 0.3) is 0 Å². The molecule has 6 atom stereocenters. The SMILES string of the molecule is CN(C)Cc1ccc(/C=C/C2NNC3CC([C@@H]4C[C@@]45C(=O)N(CC(N)=O)c4ccccc45)CCC23)cc1. The van der Waals surface area contributed by atoms with Crippen LogP contribution in [0.4, 0.5) is 5.69 Å². The number of carbonyl (C=O) groups excluding carboxylic acids is 2. The summed E-state index contributed by atoms with van der Waals surface area (Å²) >= 11 is 0. The number of para-hydroxylation sites is 1. The summed E-state index contributed by atoms with van der Waals surface area (Å²) in [7, 11) is 4.17. The molecule has 37 heavy (non-hydrogen) atoms. The Balaban J connectivity index is 1.11. The first-order chi connectivity index (χ1) is 17.9. The molecule has 2 aromatic rings. The zero-order valence-electron chi connectivity index (χ0n) is 21.7. The molecular weight excluding hydrogens is 462 g/mol. The molecule has 7 heteroatoms. The molecule has 2 aliphatic heterocycles. The number of primary amides is 1. The normalized spacial score (nSPS) is 32.4. The van der Waals surface area contributed by atoms with Crippen molar-refractivity contribution < 1.29 is 9.59 Å². The maximum absolute atomic E-state index is 13.6. The van der Waals surface area contributed by atoms with Crippen molar-refractivity contribution in [3.8, 4) is 0 Å². The number of rotatable bonds is 7. The second-order valence-electron chi connectivity index (χ2n) is 11.7. The van der Waals surface area contributed by atoms with E-state index >= 15 is 0 Å². The fourth-order valence-corrected chi connectivity index (χ4v) is 7.28. The van der Waals surface area contributed by atoms with Crippen molar-refractivity contribution in [3.63, 3.8) is 0 Å². The number of anilines is 1. The summed E-state index contributed by atoms with van der Waals surface area (Å²) in [6.45, 7) is 0.906. The van der Waals surface area contributed by atoms with Crippen molar-refractivity contribution in [3.05, 3.63) is 71.3 Å². The van der Waals surface area contributed by atoms with Crippen molar-refractivity contribution in [2.24, 2.45) is 23.5 Å². The predicted octanol–water partition coefficient (Wildman–Crippen LogP) is 2.81. The highest BCUT2D eigenvalue weighted by Crippen LogP contribution is 2.66. The quantitative estimate of drug-likeness (QED) is 0.545. The molecule has 6 rings (SSSR count). The van der Waals surface area contributed by atoms with Crippen LogP contribution < -0.4 is 21.5 Å². The zero-order chi connectivity index (χ0) is 25.7. The minimum absolute atomic E-state index is 0.0441. The smallest absolute Gasteiger partial charge is 0.238 e. The maximum atomic E-state index is 13.6. The summed E-state index contributed by atoms with van der Waals surface area (Å²) in [5.41, 5.74) is 16.6. The first kappa shape index (κ1) is 24.3. The molecule has 4 N–H and O–H groups in total. The van der Waals surface area contributed by atoms with Crippen molar-refractivity contribution in [2.75, 3.05) is 25.5 Å². The third-order valence-electron chi connectivity index (χ3n) is 9.02. The number of hydrazine groups is 1. The molecule has 4 unspecified atom stereocenters. The maximum Gasteiger partial charge on any atom is 0.238 e. The van der Waals surface area contributed by atoms with Gasteiger partial charge in [-0.2, -0.15) is 0 Å². The zero-order valence-corrected chi connectivity index (χ0v) is 21.7. The van der Waals surface area contributed by atoms with E-state index < -0.39 is 11.3 Å². The summed E-state index contributed by atoms with van der Waals surface area (Å²) in [6, 6.07) is 17.5. The number of nitrogens with one attached hydrogen (secondary N) is 2. The topological polar surface area (TPSA) is 90.7 Å². The van der Waals surface area contributed by atoms with E-state index in [2.05, 4.69) is 72.3 Å². The molecule has 194 valence electrons. The Morgan fingerprint density at radius 1 is 1.14 bits per heavy atom. The van der Waals surface area contributed by atoms with Crippen LogP contribution in [0.1, 0.15) is 42.4 Å². The highest BCUT2D eigenvalue weighted by molar-refractivity contribution is 6.12. The van der Waals surface area contributed by atoms with Crippen LogP contribution in [-0.2, 0) is 21.5 Å². The van der Waals surface area contributed by atoms with Crippen molar-refractivity contribution in [2.45, 2.75) is 49.7 Å². The van der Waals surface area contributed by atoms with Crippen LogP contribution in [0.25, 0.3) is 6.08 Å². The second-order valence-corrected chi connectivity index (χ2v) is 11.7. The van der Waals surface area contributed by atoms with Gasteiger partial charge < -0.3 is 15.5 Å². The largest absolute Gasteiger partial charge is 0.368 e. The lowest BCUT2D eigenvalue weighted by Gasteiger charge is -2.33. The van der Waals surface area contributed by atoms with Crippen LogP contribution in [0.15, 0.2) is 54.6 Å². The number of nitrogens with two attached hydrogens (primary N) is 1. The summed E-state index contributed by atoms with van der Waals surface area (Å²) in [6.07, 6.45) is 8.74. The molecular formula is C30H37N5O2. The number of fused-ring (bicyclic) bond motifs is 3. The average Bonchev–Trinajstić information content (AvgIpc) is 3.45. The molecule has 1 spiro atoms. The number of hydrogen-bond acceptors (Lipinski definition) is 5. The van der Waals surface area contributed by atoms with E-state index in [0.29, 0.717) is 29.8 Å². The van der Waals surface area contributed by atoms with E-state index in [9.17, 15) is 9.59 Å². The van der Waals surface area contributed by atoms with Crippen molar-refractivity contribution >= 4 is 23.6 Å². The van der Waals surface area contributed by atoms with Crippen molar-refractivity contribution in [1.29, 1.82) is 0 Å². The number of amides is 2. The number of nitrogens with zero attached hydrogens (tertiary/aromatic N) is 2. The van der Waals surface area contributed by atoms with Gasteiger partial charge in [0.1, 0.15) is 6.54 Å². The molecule has 0 bridgehead atoms.